The SMILES string of the molecule is C[C@H]1C[C@H](Oc2ccc(-c3ncnc(Nc4ccc(N5CCN(C6COC6)CC5)cc4)n3)cc2C#N)[C@H](F)CN1C(=O)[C@@H]1CCC(=O)C1. The molecule has 1 aromatic heterocycles. The third-order valence-corrected chi connectivity index (χ3v) is 9.91. The van der Waals surface area contributed by atoms with Crippen LogP contribution in [0.1, 0.15) is 38.2 Å². The molecule has 3 aliphatic heterocycles. The Morgan fingerprint density at radius 3 is 2.58 bits per heavy atom. The maximum absolute atomic E-state index is 15.3. The van der Waals surface area contributed by atoms with Gasteiger partial charge in [-0.3, -0.25) is 14.5 Å². The number of ketones is 1. The molecule has 13 heteroatoms. The average molecular weight is 655 g/mol. The fourth-order valence-corrected chi connectivity index (χ4v) is 6.97. The first-order valence-corrected chi connectivity index (χ1v) is 16.6. The number of nitrogens with one attached hydrogen (secondary N) is 1. The molecule has 4 fully saturated rings. The van der Waals surface area contributed by atoms with Crippen LogP contribution in [-0.2, 0) is 14.3 Å². The Morgan fingerprint density at radius 1 is 1.10 bits per heavy atom. The summed E-state index contributed by atoms with van der Waals surface area (Å²) in [5.74, 6) is 0.547. The number of aromatic nitrogens is 3. The molecule has 4 atom stereocenters. The van der Waals surface area contributed by atoms with Gasteiger partial charge in [-0.2, -0.15) is 10.2 Å². The molecule has 250 valence electrons. The number of alkyl halides is 1. The number of Topliss-reactive ketones (excluding diaryl/α,β-unsaturated/α-hetero) is 1. The van der Waals surface area contributed by atoms with Gasteiger partial charge in [0.05, 0.1) is 31.4 Å². The van der Waals surface area contributed by atoms with Gasteiger partial charge in [-0.05, 0) is 55.8 Å². The third kappa shape index (κ3) is 6.81. The predicted octanol–water partition coefficient (Wildman–Crippen LogP) is 3.75. The van der Waals surface area contributed by atoms with E-state index in [0.29, 0.717) is 36.2 Å². The van der Waals surface area contributed by atoms with E-state index < -0.39 is 12.3 Å². The fourth-order valence-electron chi connectivity index (χ4n) is 6.97. The van der Waals surface area contributed by atoms with Crippen molar-refractivity contribution in [3.63, 3.8) is 0 Å². The molecule has 2 aromatic carbocycles. The van der Waals surface area contributed by atoms with Gasteiger partial charge in [0, 0.05) is 74.3 Å². The lowest BCUT2D eigenvalue weighted by Crippen LogP contribution is -2.56. The lowest BCUT2D eigenvalue weighted by molar-refractivity contribution is -0.143. The molecular formula is C35H39FN8O4. The summed E-state index contributed by atoms with van der Waals surface area (Å²) in [5.41, 5.74) is 2.82. The number of rotatable bonds is 8. The lowest BCUT2D eigenvalue weighted by atomic mass is 9.96. The van der Waals surface area contributed by atoms with E-state index in [1.54, 1.807) is 18.2 Å². The van der Waals surface area contributed by atoms with E-state index in [9.17, 15) is 14.9 Å². The third-order valence-electron chi connectivity index (χ3n) is 9.91. The summed E-state index contributed by atoms with van der Waals surface area (Å²) in [5, 5.41) is 13.2. The van der Waals surface area contributed by atoms with Crippen LogP contribution in [-0.4, -0.2) is 107 Å². The number of hydrogen-bond donors (Lipinski definition) is 1. The topological polar surface area (TPSA) is 137 Å². The molecule has 0 radical (unpaired) electrons. The summed E-state index contributed by atoms with van der Waals surface area (Å²) < 4.78 is 26.7. The summed E-state index contributed by atoms with van der Waals surface area (Å²) in [6.07, 6.45) is 0.595. The number of hydrogen-bond acceptors (Lipinski definition) is 11. The van der Waals surface area contributed by atoms with Crippen molar-refractivity contribution in [2.45, 2.75) is 57.0 Å². The Hall–Kier alpha value is -4.67. The molecule has 1 N–H and O–H groups in total. The Balaban J connectivity index is 0.969. The van der Waals surface area contributed by atoms with E-state index in [2.05, 4.69) is 48.3 Å². The van der Waals surface area contributed by atoms with Crippen molar-refractivity contribution in [2.24, 2.45) is 5.92 Å². The highest BCUT2D eigenvalue weighted by atomic mass is 19.1. The van der Waals surface area contributed by atoms with Crippen molar-refractivity contribution >= 4 is 29.0 Å². The summed E-state index contributed by atoms with van der Waals surface area (Å²) in [7, 11) is 0. The van der Waals surface area contributed by atoms with Gasteiger partial charge in [-0.1, -0.05) is 0 Å². The molecule has 1 aliphatic carbocycles. The molecule has 1 saturated carbocycles. The molecule has 12 nitrogen and oxygen atoms in total. The minimum Gasteiger partial charge on any atom is -0.486 e. The number of likely N-dealkylation sites (tertiary alicyclic amines) is 1. The Morgan fingerprint density at radius 2 is 1.90 bits per heavy atom. The van der Waals surface area contributed by atoms with Crippen LogP contribution in [0.2, 0.25) is 0 Å². The van der Waals surface area contributed by atoms with Crippen LogP contribution in [0.15, 0.2) is 48.8 Å². The second kappa shape index (κ2) is 13.8. The van der Waals surface area contributed by atoms with Gasteiger partial charge >= 0.3 is 0 Å². The summed E-state index contributed by atoms with van der Waals surface area (Å²) >= 11 is 0. The molecule has 4 heterocycles. The maximum Gasteiger partial charge on any atom is 0.230 e. The van der Waals surface area contributed by atoms with Crippen molar-refractivity contribution in [2.75, 3.05) is 56.2 Å². The van der Waals surface area contributed by atoms with Crippen molar-refractivity contribution < 1.29 is 23.5 Å². The Kier molecular flexibility index (Phi) is 9.19. The van der Waals surface area contributed by atoms with Gasteiger partial charge in [0.2, 0.25) is 11.9 Å². The van der Waals surface area contributed by atoms with Crippen molar-refractivity contribution in [3.05, 3.63) is 54.4 Å². The number of nitriles is 1. The number of amides is 1. The summed E-state index contributed by atoms with van der Waals surface area (Å²) in [6.45, 7) is 7.47. The van der Waals surface area contributed by atoms with Gasteiger partial charge in [0.1, 0.15) is 30.0 Å². The predicted molar refractivity (Wildman–Crippen MR) is 176 cm³/mol. The first kappa shape index (κ1) is 31.9. The molecule has 0 bridgehead atoms. The zero-order valence-corrected chi connectivity index (χ0v) is 26.9. The lowest BCUT2D eigenvalue weighted by Gasteiger charge is -2.43. The highest BCUT2D eigenvalue weighted by Gasteiger charge is 2.41. The van der Waals surface area contributed by atoms with Crippen LogP contribution in [0.25, 0.3) is 11.4 Å². The number of piperidine rings is 1. The van der Waals surface area contributed by atoms with Crippen LogP contribution in [0.4, 0.5) is 21.7 Å². The van der Waals surface area contributed by atoms with Crippen LogP contribution in [0, 0.1) is 17.2 Å². The molecule has 3 saturated heterocycles. The van der Waals surface area contributed by atoms with Crippen molar-refractivity contribution in [3.8, 4) is 23.2 Å². The quantitative estimate of drug-likeness (QED) is 0.380. The Bertz CT molecular complexity index is 1690. The van der Waals surface area contributed by atoms with Crippen LogP contribution >= 0.6 is 0 Å². The monoisotopic (exact) mass is 654 g/mol. The van der Waals surface area contributed by atoms with Gasteiger partial charge in [0.25, 0.3) is 0 Å². The van der Waals surface area contributed by atoms with E-state index in [0.717, 1.165) is 45.1 Å². The number of benzene rings is 2. The first-order chi connectivity index (χ1) is 23.3. The number of carbonyl (C=O) groups is 2. The zero-order valence-electron chi connectivity index (χ0n) is 26.9. The van der Waals surface area contributed by atoms with E-state index in [1.807, 2.05) is 19.1 Å². The maximum atomic E-state index is 15.3. The smallest absolute Gasteiger partial charge is 0.230 e. The van der Waals surface area contributed by atoms with E-state index in [1.165, 1.54) is 16.9 Å². The van der Waals surface area contributed by atoms with Crippen molar-refractivity contribution in [1.82, 2.24) is 24.8 Å². The normalized spacial score (nSPS) is 25.0. The van der Waals surface area contributed by atoms with Crippen LogP contribution in [0.3, 0.4) is 0 Å². The number of nitrogens with zero attached hydrogens (tertiary/aromatic N) is 7. The van der Waals surface area contributed by atoms with Crippen LogP contribution < -0.4 is 15.0 Å². The van der Waals surface area contributed by atoms with E-state index in [-0.39, 0.29) is 54.3 Å². The van der Waals surface area contributed by atoms with Gasteiger partial charge in [-0.15, -0.1) is 0 Å². The number of carbonyl (C=O) groups excluding carboxylic acids is 2. The number of piperazine rings is 1. The molecule has 3 aromatic rings. The molecule has 0 unspecified atom stereocenters. The standard InChI is InChI=1S/C35H39FN8O4/c1-22-14-32(30(36)18-44(22)34(46)24-2-8-29(45)16-24)48-31-9-3-23(15-25(31)17-37)33-38-21-39-35(41-33)40-26-4-6-27(7-5-26)42-10-12-43(13-11-42)28-19-47-20-28/h3-7,9,15,21-22,24,28,30,32H,2,8,10-14,16,18-20H2,1H3,(H,38,39,40,41)/t22-,24+,30+,32-/m0/s1. The fraction of sp³-hybridized carbons (Fsp3) is 0.486. The minimum absolute atomic E-state index is 0.0821. The molecule has 0 spiro atoms. The van der Waals surface area contributed by atoms with E-state index >= 15 is 4.39 Å². The number of anilines is 3. The van der Waals surface area contributed by atoms with Crippen molar-refractivity contribution in [1.29, 1.82) is 5.26 Å². The highest BCUT2D eigenvalue weighted by molar-refractivity contribution is 5.90. The number of ether oxygens (including phenoxy) is 2. The summed E-state index contributed by atoms with van der Waals surface area (Å²) in [6, 6.07) is 15.6. The molecule has 1 amide bonds. The second-order valence-electron chi connectivity index (χ2n) is 13.1. The average Bonchev–Trinajstić information content (AvgIpc) is 3.52. The molecule has 7 rings (SSSR count). The molecular weight excluding hydrogens is 615 g/mol. The number of halogens is 1. The van der Waals surface area contributed by atoms with E-state index in [4.69, 9.17) is 9.47 Å². The first-order valence-electron chi connectivity index (χ1n) is 16.6. The Labute approximate surface area is 278 Å². The van der Waals surface area contributed by atoms with Gasteiger partial charge in [-0.25, -0.2) is 14.4 Å². The van der Waals surface area contributed by atoms with Gasteiger partial charge < -0.3 is 24.6 Å². The highest BCUT2D eigenvalue weighted by Crippen LogP contribution is 2.32. The molecule has 4 aliphatic rings. The second-order valence-corrected chi connectivity index (χ2v) is 13.1. The largest absolute Gasteiger partial charge is 0.486 e. The summed E-state index contributed by atoms with van der Waals surface area (Å²) in [4.78, 5) is 44.2. The zero-order chi connectivity index (χ0) is 33.2. The van der Waals surface area contributed by atoms with Gasteiger partial charge in [0.15, 0.2) is 12.0 Å². The molecule has 48 heavy (non-hydrogen) atoms. The van der Waals surface area contributed by atoms with Crippen LogP contribution in [0.5, 0.6) is 5.75 Å². The minimum atomic E-state index is -1.43.